The molecule has 88 valence electrons. The minimum atomic E-state index is -0.0567. The first-order valence-corrected chi connectivity index (χ1v) is 5.68. The standard InChI is InChI=1S/C11H16ClN3O/c1-3-5-15(4-2)11(16)8-6-9(12)10(13)14-7-8/h6-7H,3-5H2,1-2H3,(H2,13,14). The number of carbonyl (C=O) groups is 1. The monoisotopic (exact) mass is 241 g/mol. The largest absolute Gasteiger partial charge is 0.382 e. The van der Waals surface area contributed by atoms with Crippen molar-refractivity contribution in [3.63, 3.8) is 0 Å². The van der Waals surface area contributed by atoms with E-state index in [1.54, 1.807) is 11.0 Å². The topological polar surface area (TPSA) is 59.2 Å². The Morgan fingerprint density at radius 3 is 2.75 bits per heavy atom. The molecule has 16 heavy (non-hydrogen) atoms. The summed E-state index contributed by atoms with van der Waals surface area (Å²) >= 11 is 5.82. The number of pyridine rings is 1. The molecule has 0 atom stereocenters. The van der Waals surface area contributed by atoms with Gasteiger partial charge in [-0.2, -0.15) is 0 Å². The molecule has 5 heteroatoms. The SMILES string of the molecule is CCCN(CC)C(=O)c1cnc(N)c(Cl)c1. The number of nitrogens with two attached hydrogens (primary N) is 1. The molecule has 0 bridgehead atoms. The molecule has 0 saturated carbocycles. The fourth-order valence-electron chi connectivity index (χ4n) is 1.42. The van der Waals surface area contributed by atoms with Gasteiger partial charge in [0.25, 0.3) is 5.91 Å². The highest BCUT2D eigenvalue weighted by atomic mass is 35.5. The van der Waals surface area contributed by atoms with Gasteiger partial charge in [0, 0.05) is 19.3 Å². The molecule has 0 aliphatic rings. The maximum atomic E-state index is 12.0. The summed E-state index contributed by atoms with van der Waals surface area (Å²) in [6.45, 7) is 5.38. The van der Waals surface area contributed by atoms with Crippen molar-refractivity contribution < 1.29 is 4.79 Å². The zero-order valence-electron chi connectivity index (χ0n) is 9.53. The van der Waals surface area contributed by atoms with Gasteiger partial charge in [-0.25, -0.2) is 4.98 Å². The Labute approximate surface area is 100 Å². The molecular weight excluding hydrogens is 226 g/mol. The summed E-state index contributed by atoms with van der Waals surface area (Å²) in [6.07, 6.45) is 2.39. The Morgan fingerprint density at radius 2 is 2.25 bits per heavy atom. The summed E-state index contributed by atoms with van der Waals surface area (Å²) in [6, 6.07) is 1.56. The Bertz CT molecular complexity index is 381. The van der Waals surface area contributed by atoms with Gasteiger partial charge in [-0.15, -0.1) is 0 Å². The van der Waals surface area contributed by atoms with Gasteiger partial charge in [0.2, 0.25) is 0 Å². The van der Waals surface area contributed by atoms with E-state index in [-0.39, 0.29) is 11.7 Å². The van der Waals surface area contributed by atoms with Crippen molar-refractivity contribution in [2.75, 3.05) is 18.8 Å². The third kappa shape index (κ3) is 2.85. The van der Waals surface area contributed by atoms with Crippen LogP contribution in [0.3, 0.4) is 0 Å². The normalized spacial score (nSPS) is 10.2. The smallest absolute Gasteiger partial charge is 0.255 e. The summed E-state index contributed by atoms with van der Waals surface area (Å²) < 4.78 is 0. The highest BCUT2D eigenvalue weighted by Gasteiger charge is 2.14. The van der Waals surface area contributed by atoms with Gasteiger partial charge < -0.3 is 10.6 Å². The number of aromatic nitrogens is 1. The fourth-order valence-corrected chi connectivity index (χ4v) is 1.59. The molecule has 0 aliphatic heterocycles. The Kier molecular flexibility index (Phi) is 4.55. The number of nitrogens with zero attached hydrogens (tertiary/aromatic N) is 2. The molecule has 0 aromatic carbocycles. The van der Waals surface area contributed by atoms with Crippen LogP contribution in [0.25, 0.3) is 0 Å². The maximum absolute atomic E-state index is 12.0. The number of anilines is 1. The van der Waals surface area contributed by atoms with E-state index in [1.807, 2.05) is 13.8 Å². The van der Waals surface area contributed by atoms with Crippen LogP contribution in [0.4, 0.5) is 5.82 Å². The van der Waals surface area contributed by atoms with Crippen molar-refractivity contribution in [3.05, 3.63) is 22.8 Å². The summed E-state index contributed by atoms with van der Waals surface area (Å²) in [5.74, 6) is 0.190. The van der Waals surface area contributed by atoms with Crippen LogP contribution in [-0.4, -0.2) is 28.9 Å². The molecular formula is C11H16ClN3O. The Balaban J connectivity index is 2.90. The first-order chi connectivity index (χ1) is 7.60. The van der Waals surface area contributed by atoms with Gasteiger partial charge in [-0.3, -0.25) is 4.79 Å². The molecule has 1 amide bonds. The van der Waals surface area contributed by atoms with E-state index in [0.717, 1.165) is 13.0 Å². The predicted octanol–water partition coefficient (Wildman–Crippen LogP) is 2.19. The predicted molar refractivity (Wildman–Crippen MR) is 65.5 cm³/mol. The van der Waals surface area contributed by atoms with Crippen LogP contribution >= 0.6 is 11.6 Å². The molecule has 0 spiro atoms. The maximum Gasteiger partial charge on any atom is 0.255 e. The van der Waals surface area contributed by atoms with E-state index in [9.17, 15) is 4.79 Å². The second-order valence-corrected chi connectivity index (χ2v) is 3.88. The lowest BCUT2D eigenvalue weighted by Crippen LogP contribution is -2.31. The van der Waals surface area contributed by atoms with Crippen LogP contribution in [-0.2, 0) is 0 Å². The van der Waals surface area contributed by atoms with Crippen molar-refractivity contribution in [2.24, 2.45) is 0 Å². The van der Waals surface area contributed by atoms with Crippen LogP contribution < -0.4 is 5.73 Å². The van der Waals surface area contributed by atoms with E-state index < -0.39 is 0 Å². The highest BCUT2D eigenvalue weighted by Crippen LogP contribution is 2.17. The molecule has 1 heterocycles. The summed E-state index contributed by atoms with van der Waals surface area (Å²) in [5.41, 5.74) is 5.97. The quantitative estimate of drug-likeness (QED) is 0.879. The van der Waals surface area contributed by atoms with Gasteiger partial charge >= 0.3 is 0 Å². The third-order valence-electron chi connectivity index (χ3n) is 2.28. The van der Waals surface area contributed by atoms with Gasteiger partial charge in [0.15, 0.2) is 0 Å². The number of rotatable bonds is 4. The second kappa shape index (κ2) is 5.70. The minimum absolute atomic E-state index is 0.0567. The third-order valence-corrected chi connectivity index (χ3v) is 2.58. The molecule has 0 aliphatic carbocycles. The van der Waals surface area contributed by atoms with Crippen LogP contribution in [0.15, 0.2) is 12.3 Å². The van der Waals surface area contributed by atoms with E-state index >= 15 is 0 Å². The zero-order chi connectivity index (χ0) is 12.1. The lowest BCUT2D eigenvalue weighted by molar-refractivity contribution is 0.0764. The molecule has 0 saturated heterocycles. The van der Waals surface area contributed by atoms with Gasteiger partial charge in [-0.1, -0.05) is 18.5 Å². The van der Waals surface area contributed by atoms with Gasteiger partial charge in [0.1, 0.15) is 5.82 Å². The minimum Gasteiger partial charge on any atom is -0.382 e. The van der Waals surface area contributed by atoms with Crippen LogP contribution in [0, 0.1) is 0 Å². The number of carbonyl (C=O) groups excluding carboxylic acids is 1. The second-order valence-electron chi connectivity index (χ2n) is 3.48. The molecule has 1 aromatic heterocycles. The number of amides is 1. The Morgan fingerprint density at radius 1 is 1.56 bits per heavy atom. The lowest BCUT2D eigenvalue weighted by atomic mass is 10.2. The molecule has 0 unspecified atom stereocenters. The van der Waals surface area contributed by atoms with Crippen LogP contribution in [0.5, 0.6) is 0 Å². The Hall–Kier alpha value is -1.29. The van der Waals surface area contributed by atoms with E-state index in [1.165, 1.54) is 6.20 Å². The van der Waals surface area contributed by atoms with Gasteiger partial charge in [0.05, 0.1) is 10.6 Å². The number of halogens is 1. The number of hydrogen-bond donors (Lipinski definition) is 1. The molecule has 2 N–H and O–H groups in total. The van der Waals surface area contributed by atoms with Crippen LogP contribution in [0.2, 0.25) is 5.02 Å². The van der Waals surface area contributed by atoms with Crippen molar-refractivity contribution in [1.29, 1.82) is 0 Å². The molecule has 1 rings (SSSR count). The lowest BCUT2D eigenvalue weighted by Gasteiger charge is -2.20. The van der Waals surface area contributed by atoms with Crippen molar-refractivity contribution in [3.8, 4) is 0 Å². The van der Waals surface area contributed by atoms with Crippen LogP contribution in [0.1, 0.15) is 30.6 Å². The summed E-state index contributed by atoms with van der Waals surface area (Å²) in [7, 11) is 0. The molecule has 4 nitrogen and oxygen atoms in total. The summed E-state index contributed by atoms with van der Waals surface area (Å²) in [4.78, 5) is 17.6. The van der Waals surface area contributed by atoms with Crippen molar-refractivity contribution >= 4 is 23.3 Å². The van der Waals surface area contributed by atoms with E-state index in [4.69, 9.17) is 17.3 Å². The average molecular weight is 242 g/mol. The zero-order valence-corrected chi connectivity index (χ0v) is 10.3. The van der Waals surface area contributed by atoms with Gasteiger partial charge in [-0.05, 0) is 19.4 Å². The summed E-state index contributed by atoms with van der Waals surface area (Å²) in [5, 5.41) is 0.318. The average Bonchev–Trinajstić information content (AvgIpc) is 2.28. The first-order valence-electron chi connectivity index (χ1n) is 5.30. The van der Waals surface area contributed by atoms with Crippen molar-refractivity contribution in [2.45, 2.75) is 20.3 Å². The molecule has 0 radical (unpaired) electrons. The first kappa shape index (κ1) is 12.8. The van der Waals surface area contributed by atoms with Crippen molar-refractivity contribution in [1.82, 2.24) is 9.88 Å². The number of hydrogen-bond acceptors (Lipinski definition) is 3. The molecule has 1 aromatic rings. The van der Waals surface area contributed by atoms with E-state index in [2.05, 4.69) is 4.98 Å². The molecule has 0 fully saturated rings. The number of nitrogen functional groups attached to an aromatic ring is 1. The van der Waals surface area contributed by atoms with E-state index in [0.29, 0.717) is 17.1 Å². The fraction of sp³-hybridized carbons (Fsp3) is 0.455. The highest BCUT2D eigenvalue weighted by molar-refractivity contribution is 6.33.